The monoisotopic (exact) mass is 280 g/mol. The second-order valence-electron chi connectivity index (χ2n) is 5.86. The van der Waals surface area contributed by atoms with Crippen molar-refractivity contribution >= 4 is 11.6 Å². The third-order valence-electron chi connectivity index (χ3n) is 3.41. The van der Waals surface area contributed by atoms with Crippen LogP contribution in [0.25, 0.3) is 0 Å². The Morgan fingerprint density at radius 1 is 1.35 bits per heavy atom. The van der Waals surface area contributed by atoms with E-state index in [2.05, 4.69) is 25.7 Å². The molecule has 0 radical (unpaired) electrons. The second kappa shape index (κ2) is 6.79. The number of nitrogens with zero attached hydrogens (tertiary/aromatic N) is 3. The van der Waals surface area contributed by atoms with Crippen LogP contribution in [0.5, 0.6) is 0 Å². The smallest absolute Gasteiger partial charge is 0.270 e. The Morgan fingerprint density at radius 3 is 2.40 bits per heavy atom. The molecule has 0 saturated carbocycles. The van der Waals surface area contributed by atoms with E-state index in [1.807, 2.05) is 36.7 Å². The molecule has 1 unspecified atom stereocenters. The van der Waals surface area contributed by atoms with E-state index in [1.165, 1.54) is 0 Å². The van der Waals surface area contributed by atoms with Gasteiger partial charge in [-0.25, -0.2) is 0 Å². The number of hydrogen-bond acceptors (Lipinski definition) is 3. The summed E-state index contributed by atoms with van der Waals surface area (Å²) in [5, 5.41) is 0. The zero-order chi connectivity index (χ0) is 15.4. The molecule has 1 aromatic heterocycles. The van der Waals surface area contributed by atoms with Crippen molar-refractivity contribution < 1.29 is 4.79 Å². The van der Waals surface area contributed by atoms with Gasteiger partial charge in [0.1, 0.15) is 5.69 Å². The van der Waals surface area contributed by atoms with Crippen molar-refractivity contribution in [3.63, 3.8) is 0 Å². The van der Waals surface area contributed by atoms with Crippen molar-refractivity contribution in [3.05, 3.63) is 18.0 Å². The lowest BCUT2D eigenvalue weighted by Crippen LogP contribution is -2.44. The summed E-state index contributed by atoms with van der Waals surface area (Å²) in [6.45, 7) is 9.73. The van der Waals surface area contributed by atoms with Gasteiger partial charge in [-0.2, -0.15) is 0 Å². The third kappa shape index (κ3) is 3.76. The summed E-state index contributed by atoms with van der Waals surface area (Å²) >= 11 is 0. The van der Waals surface area contributed by atoms with Gasteiger partial charge in [-0.3, -0.25) is 4.79 Å². The summed E-state index contributed by atoms with van der Waals surface area (Å²) in [5.74, 6) is 0.0484. The molecule has 0 bridgehead atoms. The molecule has 1 amide bonds. The van der Waals surface area contributed by atoms with Gasteiger partial charge in [-0.15, -0.1) is 0 Å². The molecule has 1 aromatic rings. The SMILES string of the molecule is CCN(C(=O)c1cc(N)cn1C(C)C)C(C)CN(C)C. The van der Waals surface area contributed by atoms with E-state index in [0.717, 1.165) is 6.54 Å². The fourth-order valence-electron chi connectivity index (χ4n) is 2.53. The van der Waals surface area contributed by atoms with Gasteiger partial charge in [0, 0.05) is 31.4 Å². The maximum atomic E-state index is 12.8. The van der Waals surface area contributed by atoms with Crippen LogP contribution in [0, 0.1) is 0 Å². The molecular formula is C15H28N4O. The molecular weight excluding hydrogens is 252 g/mol. The maximum Gasteiger partial charge on any atom is 0.270 e. The van der Waals surface area contributed by atoms with Crippen molar-refractivity contribution in [1.29, 1.82) is 0 Å². The lowest BCUT2D eigenvalue weighted by atomic mass is 10.2. The standard InChI is InChI=1S/C15H28N4O/c1-7-18(12(4)9-17(5)6)15(20)14-8-13(16)10-19(14)11(2)3/h8,10-12H,7,9,16H2,1-6H3. The summed E-state index contributed by atoms with van der Waals surface area (Å²) in [6.07, 6.45) is 1.84. The van der Waals surface area contributed by atoms with Gasteiger partial charge in [-0.05, 0) is 47.9 Å². The molecule has 0 aromatic carbocycles. The highest BCUT2D eigenvalue weighted by atomic mass is 16.2. The average molecular weight is 280 g/mol. The van der Waals surface area contributed by atoms with E-state index in [4.69, 9.17) is 5.73 Å². The van der Waals surface area contributed by atoms with Crippen LogP contribution in [0.1, 0.15) is 44.2 Å². The van der Waals surface area contributed by atoms with E-state index in [9.17, 15) is 4.79 Å². The quantitative estimate of drug-likeness (QED) is 0.868. The summed E-state index contributed by atoms with van der Waals surface area (Å²) in [5.41, 5.74) is 7.16. The van der Waals surface area contributed by atoms with E-state index in [1.54, 1.807) is 6.07 Å². The summed E-state index contributed by atoms with van der Waals surface area (Å²) in [4.78, 5) is 16.8. The number of nitrogen functional groups attached to an aromatic ring is 1. The Labute approximate surface area is 122 Å². The molecule has 0 aliphatic heterocycles. The Morgan fingerprint density at radius 2 is 1.95 bits per heavy atom. The first-order valence-corrected chi connectivity index (χ1v) is 7.20. The first-order chi connectivity index (χ1) is 9.27. The van der Waals surface area contributed by atoms with Crippen LogP contribution in [0.3, 0.4) is 0 Å². The van der Waals surface area contributed by atoms with E-state index < -0.39 is 0 Å². The zero-order valence-corrected chi connectivity index (χ0v) is 13.6. The molecule has 2 N–H and O–H groups in total. The predicted molar refractivity (Wildman–Crippen MR) is 84.0 cm³/mol. The third-order valence-corrected chi connectivity index (χ3v) is 3.41. The number of likely N-dealkylation sites (N-methyl/N-ethyl adjacent to an activating group) is 2. The number of amides is 1. The molecule has 5 nitrogen and oxygen atoms in total. The van der Waals surface area contributed by atoms with Gasteiger partial charge in [0.15, 0.2) is 0 Å². The van der Waals surface area contributed by atoms with Crippen LogP contribution in [0.15, 0.2) is 12.3 Å². The van der Waals surface area contributed by atoms with Crippen molar-refractivity contribution in [3.8, 4) is 0 Å². The second-order valence-corrected chi connectivity index (χ2v) is 5.86. The molecule has 0 aliphatic rings. The lowest BCUT2D eigenvalue weighted by Gasteiger charge is -2.30. The molecule has 5 heteroatoms. The van der Waals surface area contributed by atoms with Gasteiger partial charge in [0.2, 0.25) is 0 Å². The zero-order valence-electron chi connectivity index (χ0n) is 13.6. The number of aromatic nitrogens is 1. The van der Waals surface area contributed by atoms with E-state index in [0.29, 0.717) is 17.9 Å². The number of carbonyl (C=O) groups is 1. The van der Waals surface area contributed by atoms with Crippen molar-refractivity contribution in [2.45, 2.75) is 39.8 Å². The van der Waals surface area contributed by atoms with Crippen molar-refractivity contribution in [2.24, 2.45) is 0 Å². The predicted octanol–water partition coefficient (Wildman–Crippen LogP) is 2.06. The number of anilines is 1. The summed E-state index contributed by atoms with van der Waals surface area (Å²) in [6, 6.07) is 2.15. The molecule has 1 atom stereocenters. The molecule has 0 fully saturated rings. The first kappa shape index (κ1) is 16.6. The highest BCUT2D eigenvalue weighted by molar-refractivity contribution is 5.94. The van der Waals surface area contributed by atoms with Gasteiger partial charge < -0.3 is 20.1 Å². The molecule has 0 saturated heterocycles. The minimum absolute atomic E-state index is 0.0484. The summed E-state index contributed by atoms with van der Waals surface area (Å²) < 4.78 is 1.95. The molecule has 0 spiro atoms. The van der Waals surface area contributed by atoms with Gasteiger partial charge in [0.25, 0.3) is 5.91 Å². The average Bonchev–Trinajstić information content (AvgIpc) is 2.71. The Balaban J connectivity index is 3.02. The first-order valence-electron chi connectivity index (χ1n) is 7.20. The minimum atomic E-state index is 0.0484. The van der Waals surface area contributed by atoms with E-state index >= 15 is 0 Å². The largest absolute Gasteiger partial charge is 0.397 e. The number of rotatable bonds is 6. The van der Waals surface area contributed by atoms with Crippen LogP contribution in [0.4, 0.5) is 5.69 Å². The van der Waals surface area contributed by atoms with Crippen LogP contribution in [-0.2, 0) is 0 Å². The maximum absolute atomic E-state index is 12.8. The molecule has 20 heavy (non-hydrogen) atoms. The molecule has 1 rings (SSSR count). The van der Waals surface area contributed by atoms with Crippen molar-refractivity contribution in [1.82, 2.24) is 14.4 Å². The van der Waals surface area contributed by atoms with Crippen molar-refractivity contribution in [2.75, 3.05) is 32.9 Å². The summed E-state index contributed by atoms with van der Waals surface area (Å²) in [7, 11) is 4.03. The van der Waals surface area contributed by atoms with Crippen LogP contribution in [0.2, 0.25) is 0 Å². The highest BCUT2D eigenvalue weighted by Crippen LogP contribution is 2.19. The highest BCUT2D eigenvalue weighted by Gasteiger charge is 2.24. The fourth-order valence-corrected chi connectivity index (χ4v) is 2.53. The number of carbonyl (C=O) groups excluding carboxylic acids is 1. The van der Waals surface area contributed by atoms with Crippen LogP contribution < -0.4 is 5.73 Å². The molecule has 0 aliphatic carbocycles. The Kier molecular flexibility index (Phi) is 5.62. The van der Waals surface area contributed by atoms with Gasteiger partial charge in [-0.1, -0.05) is 0 Å². The minimum Gasteiger partial charge on any atom is -0.397 e. The topological polar surface area (TPSA) is 54.5 Å². The fraction of sp³-hybridized carbons (Fsp3) is 0.667. The number of nitrogens with two attached hydrogens (primary N) is 1. The Hall–Kier alpha value is -1.49. The van der Waals surface area contributed by atoms with Gasteiger partial charge >= 0.3 is 0 Å². The number of hydrogen-bond donors (Lipinski definition) is 1. The van der Waals surface area contributed by atoms with Gasteiger partial charge in [0.05, 0.1) is 5.69 Å². The Bertz CT molecular complexity index is 451. The lowest BCUT2D eigenvalue weighted by molar-refractivity contribution is 0.0666. The molecule has 1 heterocycles. The normalized spacial score (nSPS) is 13.0. The molecule has 114 valence electrons. The van der Waals surface area contributed by atoms with Crippen LogP contribution in [-0.4, -0.2) is 53.5 Å². The van der Waals surface area contributed by atoms with E-state index in [-0.39, 0.29) is 18.0 Å². The van der Waals surface area contributed by atoms with Crippen LogP contribution >= 0.6 is 0 Å².